The average molecular weight is 257 g/mol. The van der Waals surface area contributed by atoms with Crippen molar-refractivity contribution in [2.24, 2.45) is 0 Å². The summed E-state index contributed by atoms with van der Waals surface area (Å²) < 4.78 is 0. The zero-order chi connectivity index (χ0) is 13.8. The van der Waals surface area contributed by atoms with Gasteiger partial charge in [-0.15, -0.1) is 0 Å². The molecule has 0 fully saturated rings. The van der Waals surface area contributed by atoms with E-state index in [2.05, 4.69) is 43.3 Å². The molecule has 2 rings (SSSR count). The number of likely N-dealkylation sites (N-methyl/N-ethyl adjacent to an activating group) is 1. The van der Waals surface area contributed by atoms with Gasteiger partial charge in [0.05, 0.1) is 0 Å². The number of aliphatic hydroxyl groups excluding tert-OH is 1. The van der Waals surface area contributed by atoms with E-state index in [-0.39, 0.29) is 5.91 Å². The fourth-order valence-corrected chi connectivity index (χ4v) is 2.11. The van der Waals surface area contributed by atoms with E-state index in [1.165, 1.54) is 21.9 Å². The predicted octanol–water partition coefficient (Wildman–Crippen LogP) is 2.14. The van der Waals surface area contributed by atoms with Crippen LogP contribution >= 0.6 is 0 Å². The minimum Gasteiger partial charge on any atom is -0.387 e. The number of nitrogens with zero attached hydrogens (tertiary/aromatic N) is 1. The molecule has 19 heavy (non-hydrogen) atoms. The van der Waals surface area contributed by atoms with Gasteiger partial charge in [0.15, 0.2) is 0 Å². The molecule has 0 atom stereocenters. The summed E-state index contributed by atoms with van der Waals surface area (Å²) in [7, 11) is 1.71. The number of hydrogen-bond acceptors (Lipinski definition) is 2. The number of carbonyl (C=O) groups excluding carboxylic acids is 1. The van der Waals surface area contributed by atoms with Crippen molar-refractivity contribution >= 4 is 16.7 Å². The van der Waals surface area contributed by atoms with E-state index in [0.717, 1.165) is 6.42 Å². The van der Waals surface area contributed by atoms with Gasteiger partial charge >= 0.3 is 0 Å². The SMILES string of the molecule is Cc1ccc2cc(CCN(C)C(=O)CO)ccc2c1. The van der Waals surface area contributed by atoms with Crippen molar-refractivity contribution in [3.63, 3.8) is 0 Å². The Morgan fingerprint density at radius 3 is 2.58 bits per heavy atom. The van der Waals surface area contributed by atoms with Crippen LogP contribution in [-0.2, 0) is 11.2 Å². The third-order valence-electron chi connectivity index (χ3n) is 3.36. The summed E-state index contributed by atoms with van der Waals surface area (Å²) in [6, 6.07) is 12.8. The van der Waals surface area contributed by atoms with E-state index in [0.29, 0.717) is 6.54 Å². The van der Waals surface area contributed by atoms with Crippen LogP contribution in [0.5, 0.6) is 0 Å². The lowest BCUT2D eigenvalue weighted by molar-refractivity contribution is -0.132. The van der Waals surface area contributed by atoms with Crippen molar-refractivity contribution < 1.29 is 9.90 Å². The number of aliphatic hydroxyl groups is 1. The lowest BCUT2D eigenvalue weighted by Gasteiger charge is -2.15. The van der Waals surface area contributed by atoms with Gasteiger partial charge in [-0.25, -0.2) is 0 Å². The highest BCUT2D eigenvalue weighted by molar-refractivity contribution is 5.83. The van der Waals surface area contributed by atoms with Gasteiger partial charge in [-0.1, -0.05) is 42.0 Å². The Hall–Kier alpha value is -1.87. The zero-order valence-corrected chi connectivity index (χ0v) is 11.4. The predicted molar refractivity (Wildman–Crippen MR) is 77.1 cm³/mol. The van der Waals surface area contributed by atoms with Crippen molar-refractivity contribution in [2.75, 3.05) is 20.2 Å². The van der Waals surface area contributed by atoms with Crippen LogP contribution in [0.1, 0.15) is 11.1 Å². The molecule has 100 valence electrons. The van der Waals surface area contributed by atoms with Crippen molar-refractivity contribution in [2.45, 2.75) is 13.3 Å². The van der Waals surface area contributed by atoms with Crippen LogP contribution in [0.4, 0.5) is 0 Å². The monoisotopic (exact) mass is 257 g/mol. The van der Waals surface area contributed by atoms with E-state index >= 15 is 0 Å². The van der Waals surface area contributed by atoms with E-state index in [1.54, 1.807) is 11.9 Å². The molecule has 0 heterocycles. The molecular weight excluding hydrogens is 238 g/mol. The van der Waals surface area contributed by atoms with Gasteiger partial charge in [0.1, 0.15) is 6.61 Å². The molecule has 0 aliphatic rings. The second kappa shape index (κ2) is 5.85. The van der Waals surface area contributed by atoms with Gasteiger partial charge in [0.25, 0.3) is 0 Å². The minimum absolute atomic E-state index is 0.239. The number of carbonyl (C=O) groups is 1. The molecule has 0 radical (unpaired) electrons. The molecule has 2 aromatic carbocycles. The summed E-state index contributed by atoms with van der Waals surface area (Å²) in [6.07, 6.45) is 0.798. The summed E-state index contributed by atoms with van der Waals surface area (Å²) >= 11 is 0. The first kappa shape index (κ1) is 13.6. The molecule has 0 saturated carbocycles. The van der Waals surface area contributed by atoms with E-state index in [1.807, 2.05) is 0 Å². The van der Waals surface area contributed by atoms with E-state index in [4.69, 9.17) is 5.11 Å². The summed E-state index contributed by atoms with van der Waals surface area (Å²) in [4.78, 5) is 12.8. The van der Waals surface area contributed by atoms with Gasteiger partial charge in [0, 0.05) is 13.6 Å². The number of rotatable bonds is 4. The Morgan fingerprint density at radius 1 is 1.16 bits per heavy atom. The highest BCUT2D eigenvalue weighted by atomic mass is 16.3. The van der Waals surface area contributed by atoms with E-state index < -0.39 is 6.61 Å². The van der Waals surface area contributed by atoms with Gasteiger partial charge in [-0.05, 0) is 29.7 Å². The number of benzene rings is 2. The maximum atomic E-state index is 11.3. The van der Waals surface area contributed by atoms with Crippen LogP contribution in [0, 0.1) is 6.92 Å². The van der Waals surface area contributed by atoms with Crippen LogP contribution in [0.15, 0.2) is 36.4 Å². The Balaban J connectivity index is 2.09. The molecular formula is C16H19NO2. The number of amides is 1. The van der Waals surface area contributed by atoms with E-state index in [9.17, 15) is 4.79 Å². The average Bonchev–Trinajstić information content (AvgIpc) is 2.43. The Kier molecular flexibility index (Phi) is 4.17. The van der Waals surface area contributed by atoms with Crippen LogP contribution < -0.4 is 0 Å². The highest BCUT2D eigenvalue weighted by Crippen LogP contribution is 2.18. The Bertz CT molecular complexity index is 592. The molecule has 0 bridgehead atoms. The molecule has 3 heteroatoms. The number of hydrogen-bond donors (Lipinski definition) is 1. The van der Waals surface area contributed by atoms with Crippen molar-refractivity contribution in [3.8, 4) is 0 Å². The van der Waals surface area contributed by atoms with Crippen LogP contribution in [0.2, 0.25) is 0 Å². The smallest absolute Gasteiger partial charge is 0.248 e. The molecule has 0 aliphatic heterocycles. The summed E-state index contributed by atoms with van der Waals surface area (Å²) in [6.45, 7) is 2.28. The van der Waals surface area contributed by atoms with Gasteiger partial charge in [0.2, 0.25) is 5.91 Å². The second-order valence-electron chi connectivity index (χ2n) is 4.91. The first-order chi connectivity index (χ1) is 9.10. The van der Waals surface area contributed by atoms with Crippen LogP contribution in [-0.4, -0.2) is 36.1 Å². The van der Waals surface area contributed by atoms with Crippen molar-refractivity contribution in [3.05, 3.63) is 47.5 Å². The quantitative estimate of drug-likeness (QED) is 0.911. The van der Waals surface area contributed by atoms with Gasteiger partial charge in [-0.2, -0.15) is 0 Å². The molecule has 0 aromatic heterocycles. The third-order valence-corrected chi connectivity index (χ3v) is 3.36. The second-order valence-corrected chi connectivity index (χ2v) is 4.91. The lowest BCUT2D eigenvalue weighted by Crippen LogP contribution is -2.31. The highest BCUT2D eigenvalue weighted by Gasteiger charge is 2.06. The first-order valence-electron chi connectivity index (χ1n) is 6.44. The molecule has 3 nitrogen and oxygen atoms in total. The summed E-state index contributed by atoms with van der Waals surface area (Å²) in [5.74, 6) is -0.239. The van der Waals surface area contributed by atoms with Gasteiger partial charge in [-0.3, -0.25) is 4.79 Å². The van der Waals surface area contributed by atoms with Crippen molar-refractivity contribution in [1.29, 1.82) is 0 Å². The third kappa shape index (κ3) is 3.32. The van der Waals surface area contributed by atoms with Crippen molar-refractivity contribution in [1.82, 2.24) is 4.90 Å². The van der Waals surface area contributed by atoms with Crippen LogP contribution in [0.3, 0.4) is 0 Å². The first-order valence-corrected chi connectivity index (χ1v) is 6.44. The van der Waals surface area contributed by atoms with Crippen LogP contribution in [0.25, 0.3) is 10.8 Å². The normalized spacial score (nSPS) is 10.7. The molecule has 0 unspecified atom stereocenters. The topological polar surface area (TPSA) is 40.5 Å². The largest absolute Gasteiger partial charge is 0.387 e. The molecule has 0 saturated heterocycles. The summed E-state index contributed by atoms with van der Waals surface area (Å²) in [5.41, 5.74) is 2.46. The standard InChI is InChI=1S/C16H19NO2/c1-12-3-5-15-10-13(4-6-14(15)9-12)7-8-17(2)16(19)11-18/h3-6,9-10,18H,7-8,11H2,1-2H3. The number of aryl methyl sites for hydroxylation is 1. The molecule has 2 aromatic rings. The maximum absolute atomic E-state index is 11.3. The number of fused-ring (bicyclic) bond motifs is 1. The van der Waals surface area contributed by atoms with Gasteiger partial charge < -0.3 is 10.0 Å². The minimum atomic E-state index is -0.423. The maximum Gasteiger partial charge on any atom is 0.248 e. The molecule has 1 amide bonds. The molecule has 0 spiro atoms. The zero-order valence-electron chi connectivity index (χ0n) is 11.4. The molecule has 0 aliphatic carbocycles. The fraction of sp³-hybridized carbons (Fsp3) is 0.312. The lowest BCUT2D eigenvalue weighted by atomic mass is 10.0. The fourth-order valence-electron chi connectivity index (χ4n) is 2.11. The molecule has 1 N–H and O–H groups in total. The Morgan fingerprint density at radius 2 is 1.84 bits per heavy atom. The summed E-state index contributed by atoms with van der Waals surface area (Å²) in [5, 5.41) is 11.2. The Labute approximate surface area is 113 Å².